The van der Waals surface area contributed by atoms with Crippen LogP contribution >= 0.6 is 15.9 Å². The van der Waals surface area contributed by atoms with Gasteiger partial charge in [0.05, 0.1) is 10.2 Å². The Morgan fingerprint density at radius 1 is 1.60 bits per heavy atom. The Bertz CT molecular complexity index is 323. The summed E-state index contributed by atoms with van der Waals surface area (Å²) < 4.78 is 1.07. The fraction of sp³-hybridized carbons (Fsp3) is 0.545. The largest absolute Gasteiger partial charge is 0.369 e. The molecule has 1 aliphatic heterocycles. The number of anilines is 1. The van der Waals surface area contributed by atoms with Gasteiger partial charge in [-0.05, 0) is 41.4 Å². The Labute approximate surface area is 99.0 Å². The Hall–Kier alpha value is -0.610. The van der Waals surface area contributed by atoms with Crippen molar-refractivity contribution < 1.29 is 0 Å². The predicted octanol–water partition coefficient (Wildman–Crippen LogP) is 2.03. The fourth-order valence-electron chi connectivity index (χ4n) is 2.01. The van der Waals surface area contributed by atoms with Crippen molar-refractivity contribution in [3.05, 3.63) is 22.9 Å². The summed E-state index contributed by atoms with van der Waals surface area (Å²) in [5, 5.41) is 3.43. The molecule has 0 spiro atoms. The van der Waals surface area contributed by atoms with Crippen molar-refractivity contribution in [2.45, 2.75) is 18.9 Å². The second-order valence-electron chi connectivity index (χ2n) is 3.94. The molecule has 82 valence electrons. The minimum atomic E-state index is 0.595. The molecule has 3 nitrogen and oxygen atoms in total. The molecular formula is C11H16BrN3. The van der Waals surface area contributed by atoms with Crippen molar-refractivity contribution in [1.82, 2.24) is 10.3 Å². The van der Waals surface area contributed by atoms with E-state index >= 15 is 0 Å². The van der Waals surface area contributed by atoms with Crippen LogP contribution in [0.4, 0.5) is 5.69 Å². The molecule has 0 bridgehead atoms. The lowest BCUT2D eigenvalue weighted by molar-refractivity contribution is 0.444. The van der Waals surface area contributed by atoms with E-state index in [0.29, 0.717) is 6.04 Å². The molecule has 1 atom stereocenters. The zero-order valence-electron chi connectivity index (χ0n) is 8.91. The van der Waals surface area contributed by atoms with Crippen molar-refractivity contribution in [3.8, 4) is 0 Å². The predicted molar refractivity (Wildman–Crippen MR) is 66.2 cm³/mol. The highest BCUT2D eigenvalue weighted by molar-refractivity contribution is 9.10. The third-order valence-electron chi connectivity index (χ3n) is 2.95. The average molecular weight is 270 g/mol. The SMILES string of the molecule is CN(c1ccncc1Br)C1CCCNC1. The van der Waals surface area contributed by atoms with Crippen LogP contribution in [-0.2, 0) is 0 Å². The lowest BCUT2D eigenvalue weighted by atomic mass is 10.1. The first kappa shape index (κ1) is 10.9. The summed E-state index contributed by atoms with van der Waals surface area (Å²) in [4.78, 5) is 6.41. The quantitative estimate of drug-likeness (QED) is 0.891. The molecular weight excluding hydrogens is 254 g/mol. The zero-order chi connectivity index (χ0) is 10.7. The maximum absolute atomic E-state index is 4.08. The third-order valence-corrected chi connectivity index (χ3v) is 3.56. The topological polar surface area (TPSA) is 28.2 Å². The van der Waals surface area contributed by atoms with Gasteiger partial charge in [0.15, 0.2) is 0 Å². The number of aromatic nitrogens is 1. The third kappa shape index (κ3) is 2.49. The summed E-state index contributed by atoms with van der Waals surface area (Å²) in [7, 11) is 2.15. The number of piperidine rings is 1. The highest BCUT2D eigenvalue weighted by Gasteiger charge is 2.19. The van der Waals surface area contributed by atoms with Gasteiger partial charge < -0.3 is 10.2 Å². The Morgan fingerprint density at radius 2 is 2.47 bits per heavy atom. The van der Waals surface area contributed by atoms with E-state index < -0.39 is 0 Å². The molecule has 0 radical (unpaired) electrons. The highest BCUT2D eigenvalue weighted by Crippen LogP contribution is 2.26. The van der Waals surface area contributed by atoms with Gasteiger partial charge in [0.1, 0.15) is 0 Å². The smallest absolute Gasteiger partial charge is 0.0592 e. The molecule has 1 unspecified atom stereocenters. The normalized spacial score (nSPS) is 21.3. The summed E-state index contributed by atoms with van der Waals surface area (Å²) in [5.74, 6) is 0. The summed E-state index contributed by atoms with van der Waals surface area (Å²) in [6.45, 7) is 2.23. The number of hydrogen-bond donors (Lipinski definition) is 1. The van der Waals surface area contributed by atoms with Gasteiger partial charge in [-0.1, -0.05) is 0 Å². The minimum absolute atomic E-state index is 0.595. The first-order valence-corrected chi connectivity index (χ1v) is 6.11. The maximum Gasteiger partial charge on any atom is 0.0592 e. The maximum atomic E-state index is 4.08. The van der Waals surface area contributed by atoms with Crippen LogP contribution in [0, 0.1) is 0 Å². The summed E-state index contributed by atoms with van der Waals surface area (Å²) in [6.07, 6.45) is 6.21. The van der Waals surface area contributed by atoms with Crippen LogP contribution in [-0.4, -0.2) is 31.2 Å². The van der Waals surface area contributed by atoms with E-state index in [4.69, 9.17) is 0 Å². The summed E-state index contributed by atoms with van der Waals surface area (Å²) in [6, 6.07) is 2.65. The zero-order valence-corrected chi connectivity index (χ0v) is 10.5. The molecule has 0 amide bonds. The monoisotopic (exact) mass is 269 g/mol. The summed E-state index contributed by atoms with van der Waals surface area (Å²) in [5.41, 5.74) is 1.22. The van der Waals surface area contributed by atoms with Crippen LogP contribution in [0.25, 0.3) is 0 Å². The highest BCUT2D eigenvalue weighted by atomic mass is 79.9. The van der Waals surface area contributed by atoms with E-state index in [2.05, 4.69) is 44.2 Å². The fourth-order valence-corrected chi connectivity index (χ4v) is 2.54. The van der Waals surface area contributed by atoms with Crippen LogP contribution in [0.5, 0.6) is 0 Å². The van der Waals surface area contributed by atoms with E-state index in [1.807, 2.05) is 12.4 Å². The van der Waals surface area contributed by atoms with E-state index in [9.17, 15) is 0 Å². The molecule has 4 heteroatoms. The van der Waals surface area contributed by atoms with Crippen molar-refractivity contribution in [2.75, 3.05) is 25.0 Å². The Kier molecular flexibility index (Phi) is 3.59. The minimum Gasteiger partial charge on any atom is -0.369 e. The second kappa shape index (κ2) is 4.94. The molecule has 1 saturated heterocycles. The number of pyridine rings is 1. The first-order chi connectivity index (χ1) is 7.29. The molecule has 2 heterocycles. The van der Waals surface area contributed by atoms with E-state index in [0.717, 1.165) is 17.6 Å². The molecule has 1 aromatic heterocycles. The lowest BCUT2D eigenvalue weighted by Crippen LogP contribution is -2.44. The molecule has 2 rings (SSSR count). The van der Waals surface area contributed by atoms with E-state index in [-0.39, 0.29) is 0 Å². The van der Waals surface area contributed by atoms with Gasteiger partial charge in [0.2, 0.25) is 0 Å². The molecule has 1 fully saturated rings. The van der Waals surface area contributed by atoms with E-state index in [1.54, 1.807) is 0 Å². The van der Waals surface area contributed by atoms with Gasteiger partial charge in [0.25, 0.3) is 0 Å². The number of rotatable bonds is 2. The molecule has 0 aromatic carbocycles. The van der Waals surface area contributed by atoms with Crippen molar-refractivity contribution in [2.24, 2.45) is 0 Å². The molecule has 0 aliphatic carbocycles. The van der Waals surface area contributed by atoms with Crippen LogP contribution in [0.3, 0.4) is 0 Å². The Balaban J connectivity index is 2.12. The molecule has 15 heavy (non-hydrogen) atoms. The summed E-state index contributed by atoms with van der Waals surface area (Å²) >= 11 is 3.54. The molecule has 1 aliphatic rings. The van der Waals surface area contributed by atoms with Crippen molar-refractivity contribution >= 4 is 21.6 Å². The van der Waals surface area contributed by atoms with Crippen LogP contribution < -0.4 is 10.2 Å². The second-order valence-corrected chi connectivity index (χ2v) is 4.79. The molecule has 0 saturated carbocycles. The van der Waals surface area contributed by atoms with Crippen LogP contribution in [0.2, 0.25) is 0 Å². The number of hydrogen-bond acceptors (Lipinski definition) is 3. The number of halogens is 1. The van der Waals surface area contributed by atoms with Crippen molar-refractivity contribution in [3.63, 3.8) is 0 Å². The average Bonchev–Trinajstić information content (AvgIpc) is 2.30. The standard InChI is InChI=1S/C11H16BrN3/c1-15(9-3-2-5-13-7-9)11-4-6-14-8-10(11)12/h4,6,8-9,13H,2-3,5,7H2,1H3. The number of nitrogens with zero attached hydrogens (tertiary/aromatic N) is 2. The number of nitrogens with one attached hydrogen (secondary N) is 1. The van der Waals surface area contributed by atoms with Crippen molar-refractivity contribution in [1.29, 1.82) is 0 Å². The van der Waals surface area contributed by atoms with Crippen LogP contribution in [0.1, 0.15) is 12.8 Å². The van der Waals surface area contributed by atoms with Gasteiger partial charge >= 0.3 is 0 Å². The van der Waals surface area contributed by atoms with Gasteiger partial charge in [-0.3, -0.25) is 4.98 Å². The van der Waals surface area contributed by atoms with Gasteiger partial charge in [-0.25, -0.2) is 0 Å². The Morgan fingerprint density at radius 3 is 3.13 bits per heavy atom. The van der Waals surface area contributed by atoms with Gasteiger partial charge in [-0.2, -0.15) is 0 Å². The molecule has 1 aromatic rings. The lowest BCUT2D eigenvalue weighted by Gasteiger charge is -2.33. The first-order valence-electron chi connectivity index (χ1n) is 5.32. The molecule has 1 N–H and O–H groups in total. The van der Waals surface area contributed by atoms with Gasteiger partial charge in [-0.15, -0.1) is 0 Å². The number of likely N-dealkylation sites (N-methyl/N-ethyl adjacent to an activating group) is 1. The van der Waals surface area contributed by atoms with Gasteiger partial charge in [0, 0.05) is 32.0 Å². The van der Waals surface area contributed by atoms with Crippen LogP contribution in [0.15, 0.2) is 22.9 Å². The van der Waals surface area contributed by atoms with E-state index in [1.165, 1.54) is 18.5 Å².